The van der Waals surface area contributed by atoms with E-state index in [1.54, 1.807) is 45.2 Å². The molecule has 4 N–H and O–H groups in total. The Morgan fingerprint density at radius 1 is 1.16 bits per heavy atom. The predicted molar refractivity (Wildman–Crippen MR) is 94.7 cm³/mol. The highest BCUT2D eigenvalue weighted by atomic mass is 16.3. The second-order valence-electron chi connectivity index (χ2n) is 5.79. The molecule has 0 aliphatic carbocycles. The first-order chi connectivity index (χ1) is 11.9. The number of benzene rings is 1. The minimum Gasteiger partial charge on any atom is -0.388 e. The molecule has 0 saturated heterocycles. The smallest absolute Gasteiger partial charge is 0.251 e. The van der Waals surface area contributed by atoms with E-state index in [1.165, 1.54) is 0 Å². The van der Waals surface area contributed by atoms with Gasteiger partial charge in [0.15, 0.2) is 5.78 Å². The van der Waals surface area contributed by atoms with E-state index in [0.29, 0.717) is 11.1 Å². The van der Waals surface area contributed by atoms with Gasteiger partial charge in [0.05, 0.1) is 0 Å². The average molecular weight is 342 g/mol. The van der Waals surface area contributed by atoms with Crippen molar-refractivity contribution >= 4 is 11.7 Å². The van der Waals surface area contributed by atoms with Crippen LogP contribution in [0.2, 0.25) is 0 Å². The number of hydrogen-bond acceptors (Lipinski definition) is 5. The van der Waals surface area contributed by atoms with Crippen molar-refractivity contribution in [3.05, 3.63) is 35.4 Å². The number of aliphatic hydroxyl groups is 2. The summed E-state index contributed by atoms with van der Waals surface area (Å²) in [6.45, 7) is 2.62. The molecule has 1 aromatic rings. The van der Waals surface area contributed by atoms with Crippen LogP contribution in [-0.2, 0) is 4.79 Å². The van der Waals surface area contributed by atoms with Gasteiger partial charge in [-0.3, -0.25) is 9.59 Å². The number of hydrogen-bond donors (Lipinski definition) is 4. The zero-order chi connectivity index (χ0) is 18.9. The molecule has 1 rings (SSSR count). The first kappa shape index (κ1) is 20.4. The zero-order valence-corrected chi connectivity index (χ0v) is 14.5. The lowest BCUT2D eigenvalue weighted by molar-refractivity contribution is -0.125. The van der Waals surface area contributed by atoms with Gasteiger partial charge in [0.25, 0.3) is 5.91 Å². The minimum atomic E-state index is -0.872. The third-order valence-electron chi connectivity index (χ3n) is 3.70. The number of nitrogens with one attached hydrogen (secondary N) is 2. The molecule has 0 radical (unpaired) electrons. The molecule has 132 valence electrons. The molecule has 0 saturated carbocycles. The molecule has 25 heavy (non-hydrogen) atoms. The molecule has 0 aliphatic heterocycles. The Morgan fingerprint density at radius 3 is 2.32 bits per heavy atom. The third-order valence-corrected chi connectivity index (χ3v) is 3.70. The molecular weight excluding hydrogens is 320 g/mol. The number of carbonyl (C=O) groups excluding carboxylic acids is 2. The summed E-state index contributed by atoms with van der Waals surface area (Å²) in [7, 11) is 1.68. The highest BCUT2D eigenvalue weighted by Crippen LogP contribution is 2.11. The van der Waals surface area contributed by atoms with Gasteiger partial charge in [0.1, 0.15) is 19.3 Å². The van der Waals surface area contributed by atoms with Gasteiger partial charge in [-0.1, -0.05) is 11.8 Å². The predicted octanol–water partition coefficient (Wildman–Crippen LogP) is -0.308. The molecule has 1 amide bonds. The normalized spacial score (nSPS) is 11.4. The van der Waals surface area contributed by atoms with Crippen molar-refractivity contribution in [1.82, 2.24) is 10.6 Å². The van der Waals surface area contributed by atoms with Crippen molar-refractivity contribution in [3.8, 4) is 23.7 Å². The van der Waals surface area contributed by atoms with Gasteiger partial charge in [-0.15, -0.1) is 0 Å². The summed E-state index contributed by atoms with van der Waals surface area (Å²) in [4.78, 5) is 24.3. The molecule has 6 nitrogen and oxygen atoms in total. The summed E-state index contributed by atoms with van der Waals surface area (Å²) in [6, 6.07) is 5.63. The average Bonchev–Trinajstić information content (AvgIpc) is 2.62. The molecular formula is C19H22N2O4. The van der Waals surface area contributed by atoms with Gasteiger partial charge in [0, 0.05) is 16.7 Å². The Bertz CT molecular complexity index is 731. The van der Waals surface area contributed by atoms with Crippen LogP contribution in [0, 0.1) is 23.7 Å². The number of Topliss-reactive ketones (excluding diaryl/α,β-unsaturated/α-hetero) is 1. The fraction of sp³-hybridized carbons (Fsp3) is 0.368. The lowest BCUT2D eigenvalue weighted by atomic mass is 9.91. The van der Waals surface area contributed by atoms with Crippen molar-refractivity contribution in [1.29, 1.82) is 0 Å². The van der Waals surface area contributed by atoms with Crippen LogP contribution in [0.3, 0.4) is 0 Å². The molecule has 6 heteroatoms. The van der Waals surface area contributed by atoms with E-state index in [4.69, 9.17) is 10.2 Å². The van der Waals surface area contributed by atoms with Crippen LogP contribution in [0.5, 0.6) is 0 Å². The maximum atomic E-state index is 12.4. The summed E-state index contributed by atoms with van der Waals surface area (Å²) < 4.78 is 0. The lowest BCUT2D eigenvalue weighted by Gasteiger charge is -2.33. The number of amides is 1. The molecule has 1 aromatic carbocycles. The fourth-order valence-corrected chi connectivity index (χ4v) is 2.01. The Labute approximate surface area is 147 Å². The van der Waals surface area contributed by atoms with Crippen LogP contribution in [0.4, 0.5) is 0 Å². The number of rotatable bonds is 6. The summed E-state index contributed by atoms with van der Waals surface area (Å²) in [5.74, 6) is 9.36. The van der Waals surface area contributed by atoms with Crippen LogP contribution in [0.1, 0.15) is 29.8 Å². The summed E-state index contributed by atoms with van der Waals surface area (Å²) in [5.41, 5.74) is 0.323. The van der Waals surface area contributed by atoms with Gasteiger partial charge < -0.3 is 20.8 Å². The third kappa shape index (κ3) is 6.06. The number of likely N-dealkylation sites (N-methyl/N-ethyl adjacent to an activating group) is 1. The van der Waals surface area contributed by atoms with Crippen LogP contribution >= 0.6 is 0 Å². The molecule has 0 spiro atoms. The number of carbonyl (C=O) groups is 2. The van der Waals surface area contributed by atoms with Crippen molar-refractivity contribution in [2.45, 2.75) is 25.4 Å². The fourth-order valence-electron chi connectivity index (χ4n) is 2.01. The van der Waals surface area contributed by atoms with Gasteiger partial charge in [-0.05, 0) is 57.0 Å². The topological polar surface area (TPSA) is 98.7 Å². The van der Waals surface area contributed by atoms with Crippen LogP contribution < -0.4 is 10.6 Å². The van der Waals surface area contributed by atoms with Gasteiger partial charge in [0.2, 0.25) is 0 Å². The SMILES string of the molecule is CNC(C)(C)[C@H](NC(=O)c1ccc(C#CC#CCO)cc1)C(=O)CO. The quantitative estimate of drug-likeness (QED) is 0.532. The highest BCUT2D eigenvalue weighted by Gasteiger charge is 2.34. The molecule has 0 heterocycles. The Kier molecular flexibility index (Phi) is 7.84. The van der Waals surface area contributed by atoms with Crippen molar-refractivity contribution < 1.29 is 19.8 Å². The minimum absolute atomic E-state index is 0.246. The second kappa shape index (κ2) is 9.61. The monoisotopic (exact) mass is 342 g/mol. The highest BCUT2D eigenvalue weighted by molar-refractivity contribution is 5.98. The maximum Gasteiger partial charge on any atom is 0.251 e. The first-order valence-electron chi connectivity index (χ1n) is 7.69. The summed E-state index contributed by atoms with van der Waals surface area (Å²) in [5, 5.41) is 23.3. The van der Waals surface area contributed by atoms with Crippen molar-refractivity contribution in [2.24, 2.45) is 0 Å². The van der Waals surface area contributed by atoms with Gasteiger partial charge in [-0.25, -0.2) is 0 Å². The van der Waals surface area contributed by atoms with E-state index in [-0.39, 0.29) is 6.61 Å². The van der Waals surface area contributed by atoms with Crippen LogP contribution in [0.15, 0.2) is 24.3 Å². The van der Waals surface area contributed by atoms with E-state index < -0.39 is 29.9 Å². The van der Waals surface area contributed by atoms with Crippen LogP contribution in [0.25, 0.3) is 0 Å². The molecule has 0 aromatic heterocycles. The van der Waals surface area contributed by atoms with Gasteiger partial charge >= 0.3 is 0 Å². The number of ketones is 1. The van der Waals surface area contributed by atoms with Crippen molar-refractivity contribution in [3.63, 3.8) is 0 Å². The lowest BCUT2D eigenvalue weighted by Crippen LogP contribution is -2.60. The van der Waals surface area contributed by atoms with E-state index in [1.807, 2.05) is 0 Å². The number of aliphatic hydroxyl groups excluding tert-OH is 2. The van der Waals surface area contributed by atoms with E-state index >= 15 is 0 Å². The first-order valence-corrected chi connectivity index (χ1v) is 7.69. The molecule has 0 fully saturated rings. The summed E-state index contributed by atoms with van der Waals surface area (Å²) >= 11 is 0. The van der Waals surface area contributed by atoms with Crippen molar-refractivity contribution in [2.75, 3.05) is 20.3 Å². The summed E-state index contributed by atoms with van der Waals surface area (Å²) in [6.07, 6.45) is 0. The Balaban J connectivity index is 2.91. The molecule has 1 atom stereocenters. The molecule has 0 bridgehead atoms. The van der Waals surface area contributed by atoms with E-state index in [9.17, 15) is 9.59 Å². The Morgan fingerprint density at radius 2 is 1.80 bits per heavy atom. The Hall–Kier alpha value is -2.64. The van der Waals surface area contributed by atoms with Gasteiger partial charge in [-0.2, -0.15) is 0 Å². The maximum absolute atomic E-state index is 12.4. The molecule has 0 unspecified atom stereocenters. The zero-order valence-electron chi connectivity index (χ0n) is 14.5. The largest absolute Gasteiger partial charge is 0.388 e. The van der Waals surface area contributed by atoms with E-state index in [2.05, 4.69) is 34.3 Å². The standard InChI is InChI=1S/C19H22N2O4/c1-19(2,20-3)17(16(24)13-23)21-18(25)15-10-8-14(9-11-15)7-5-4-6-12-22/h8-11,17,20,22-23H,12-13H2,1-3H3,(H,21,25)/t17-/m1/s1. The van der Waals surface area contributed by atoms with Crippen LogP contribution in [-0.4, -0.2) is 53.7 Å². The molecule has 0 aliphatic rings. The van der Waals surface area contributed by atoms with E-state index in [0.717, 1.165) is 0 Å². The second-order valence-corrected chi connectivity index (χ2v) is 5.79.